The number of hydrogen-bond donors (Lipinski definition) is 0. The Hall–Kier alpha value is -3.20. The molecule has 3 nitrogen and oxygen atoms in total. The van der Waals surface area contributed by atoms with Crippen LogP contribution in [0.4, 0.5) is 0 Å². The van der Waals surface area contributed by atoms with E-state index in [1.165, 1.54) is 0 Å². The SMILES string of the molecule is COc1c(C)cc(C)cc1-c1ccccc1C(=O)C(=O)c1ccccc1. The predicted octanol–water partition coefficient (Wildman–Crippen LogP) is 5.04. The maximum Gasteiger partial charge on any atom is 0.234 e. The van der Waals surface area contributed by atoms with E-state index in [2.05, 4.69) is 0 Å². The minimum atomic E-state index is -0.520. The number of carbonyl (C=O) groups excluding carboxylic acids is 2. The quantitative estimate of drug-likeness (QED) is 0.481. The van der Waals surface area contributed by atoms with Crippen molar-refractivity contribution in [2.45, 2.75) is 13.8 Å². The number of ether oxygens (including phenoxy) is 1. The summed E-state index contributed by atoms with van der Waals surface area (Å²) >= 11 is 0. The Balaban J connectivity index is 2.14. The lowest BCUT2D eigenvalue weighted by Gasteiger charge is -2.15. The van der Waals surface area contributed by atoms with Gasteiger partial charge in [0.15, 0.2) is 0 Å². The van der Waals surface area contributed by atoms with Crippen LogP contribution in [-0.2, 0) is 0 Å². The highest BCUT2D eigenvalue weighted by Crippen LogP contribution is 2.36. The Labute approximate surface area is 153 Å². The second-order valence-corrected chi connectivity index (χ2v) is 6.23. The van der Waals surface area contributed by atoms with Gasteiger partial charge in [-0.3, -0.25) is 9.59 Å². The van der Waals surface area contributed by atoms with E-state index in [0.717, 1.165) is 16.7 Å². The summed E-state index contributed by atoms with van der Waals surface area (Å²) in [4.78, 5) is 25.6. The molecule has 0 saturated carbocycles. The molecule has 0 aliphatic heterocycles. The number of Topliss-reactive ketones (excluding diaryl/α,β-unsaturated/α-hetero) is 2. The van der Waals surface area contributed by atoms with E-state index >= 15 is 0 Å². The normalized spacial score (nSPS) is 10.4. The van der Waals surface area contributed by atoms with Gasteiger partial charge in [-0.2, -0.15) is 0 Å². The summed E-state index contributed by atoms with van der Waals surface area (Å²) in [5, 5.41) is 0. The van der Waals surface area contributed by atoms with Crippen LogP contribution >= 0.6 is 0 Å². The fourth-order valence-corrected chi connectivity index (χ4v) is 3.18. The van der Waals surface area contributed by atoms with Crippen molar-refractivity contribution >= 4 is 11.6 Å². The van der Waals surface area contributed by atoms with Crippen LogP contribution in [0.25, 0.3) is 11.1 Å². The minimum Gasteiger partial charge on any atom is -0.496 e. The van der Waals surface area contributed by atoms with Crippen LogP contribution in [0.1, 0.15) is 31.8 Å². The van der Waals surface area contributed by atoms with Gasteiger partial charge >= 0.3 is 0 Å². The van der Waals surface area contributed by atoms with E-state index in [9.17, 15) is 9.59 Å². The first-order valence-corrected chi connectivity index (χ1v) is 8.41. The molecule has 0 amide bonds. The van der Waals surface area contributed by atoms with Crippen molar-refractivity contribution in [1.29, 1.82) is 0 Å². The number of ketones is 2. The summed E-state index contributed by atoms with van der Waals surface area (Å²) in [6.45, 7) is 3.96. The third-order valence-electron chi connectivity index (χ3n) is 4.33. The molecule has 130 valence electrons. The molecule has 0 saturated heterocycles. The monoisotopic (exact) mass is 344 g/mol. The first-order valence-electron chi connectivity index (χ1n) is 8.41. The van der Waals surface area contributed by atoms with Crippen molar-refractivity contribution in [3.8, 4) is 16.9 Å². The summed E-state index contributed by atoms with van der Waals surface area (Å²) in [5.41, 5.74) is 4.33. The summed E-state index contributed by atoms with van der Waals surface area (Å²) in [7, 11) is 1.61. The zero-order valence-electron chi connectivity index (χ0n) is 15.1. The predicted molar refractivity (Wildman–Crippen MR) is 103 cm³/mol. The van der Waals surface area contributed by atoms with Crippen LogP contribution in [0.15, 0.2) is 66.7 Å². The largest absolute Gasteiger partial charge is 0.496 e. The van der Waals surface area contributed by atoms with Crippen LogP contribution < -0.4 is 4.74 Å². The molecule has 3 aromatic carbocycles. The molecule has 0 spiro atoms. The van der Waals surface area contributed by atoms with Crippen molar-refractivity contribution < 1.29 is 14.3 Å². The zero-order valence-corrected chi connectivity index (χ0v) is 15.1. The molecule has 0 heterocycles. The molecule has 3 aromatic rings. The number of carbonyl (C=O) groups is 2. The average Bonchev–Trinajstić information content (AvgIpc) is 2.67. The first kappa shape index (κ1) is 17.6. The summed E-state index contributed by atoms with van der Waals surface area (Å²) in [5.74, 6) is -0.322. The van der Waals surface area contributed by atoms with Gasteiger partial charge in [-0.1, -0.05) is 60.7 Å². The maximum atomic E-state index is 12.9. The molecular weight excluding hydrogens is 324 g/mol. The second-order valence-electron chi connectivity index (χ2n) is 6.23. The molecule has 0 N–H and O–H groups in total. The van der Waals surface area contributed by atoms with Gasteiger partial charge in [0.25, 0.3) is 0 Å². The molecule has 0 fully saturated rings. The third-order valence-corrected chi connectivity index (χ3v) is 4.33. The highest BCUT2D eigenvalue weighted by atomic mass is 16.5. The highest BCUT2D eigenvalue weighted by molar-refractivity contribution is 6.50. The fraction of sp³-hybridized carbons (Fsp3) is 0.130. The standard InChI is InChI=1S/C23H20O3/c1-15-13-16(2)23(26-3)20(14-15)18-11-7-8-12-19(18)22(25)21(24)17-9-5-4-6-10-17/h4-14H,1-3H3. The second kappa shape index (κ2) is 7.36. The van der Waals surface area contributed by atoms with Crippen molar-refractivity contribution in [1.82, 2.24) is 0 Å². The molecular formula is C23H20O3. The van der Waals surface area contributed by atoms with Crippen LogP contribution in [0.5, 0.6) is 5.75 Å². The molecule has 0 unspecified atom stereocenters. The average molecular weight is 344 g/mol. The Kier molecular flexibility index (Phi) is 4.99. The van der Waals surface area contributed by atoms with E-state index in [-0.39, 0.29) is 0 Å². The van der Waals surface area contributed by atoms with Crippen molar-refractivity contribution in [2.24, 2.45) is 0 Å². The number of aryl methyl sites for hydroxylation is 2. The Bertz CT molecular complexity index is 972. The van der Waals surface area contributed by atoms with Gasteiger partial charge in [-0.25, -0.2) is 0 Å². The molecule has 0 aromatic heterocycles. The number of benzene rings is 3. The maximum absolute atomic E-state index is 12.9. The smallest absolute Gasteiger partial charge is 0.234 e. The van der Waals surface area contributed by atoms with Gasteiger partial charge in [0.05, 0.1) is 7.11 Å². The molecule has 3 rings (SSSR count). The Morgan fingerprint density at radius 2 is 1.42 bits per heavy atom. The number of rotatable bonds is 5. The van der Waals surface area contributed by atoms with E-state index in [1.807, 2.05) is 44.2 Å². The van der Waals surface area contributed by atoms with Gasteiger partial charge in [0.1, 0.15) is 5.75 Å². The van der Waals surface area contributed by atoms with Crippen molar-refractivity contribution in [3.63, 3.8) is 0 Å². The molecule has 0 atom stereocenters. The highest BCUT2D eigenvalue weighted by Gasteiger charge is 2.23. The molecule has 0 aliphatic carbocycles. The van der Waals surface area contributed by atoms with Crippen LogP contribution in [0.3, 0.4) is 0 Å². The topological polar surface area (TPSA) is 43.4 Å². The molecule has 0 bridgehead atoms. The summed E-state index contributed by atoms with van der Waals surface area (Å²) in [6.07, 6.45) is 0. The molecule has 0 aliphatic rings. The fourth-order valence-electron chi connectivity index (χ4n) is 3.18. The van der Waals surface area contributed by atoms with Crippen LogP contribution in [0.2, 0.25) is 0 Å². The van der Waals surface area contributed by atoms with Gasteiger partial charge in [-0.15, -0.1) is 0 Å². The van der Waals surface area contributed by atoms with Crippen LogP contribution in [-0.4, -0.2) is 18.7 Å². The lowest BCUT2D eigenvalue weighted by atomic mass is 9.91. The molecule has 3 heteroatoms. The first-order chi connectivity index (χ1) is 12.5. The van der Waals surface area contributed by atoms with E-state index < -0.39 is 11.6 Å². The van der Waals surface area contributed by atoms with Gasteiger partial charge in [-0.05, 0) is 36.6 Å². The summed E-state index contributed by atoms with van der Waals surface area (Å²) in [6, 6.07) is 19.8. The summed E-state index contributed by atoms with van der Waals surface area (Å²) < 4.78 is 5.57. The minimum absolute atomic E-state index is 0.379. The van der Waals surface area contributed by atoms with E-state index in [0.29, 0.717) is 22.4 Å². The zero-order chi connectivity index (χ0) is 18.7. The van der Waals surface area contributed by atoms with Gasteiger partial charge in [0, 0.05) is 16.7 Å². The van der Waals surface area contributed by atoms with Gasteiger partial charge < -0.3 is 4.74 Å². The lowest BCUT2D eigenvalue weighted by molar-refractivity contribution is 0.0817. The van der Waals surface area contributed by atoms with Crippen LogP contribution in [0, 0.1) is 13.8 Å². The molecule has 0 radical (unpaired) electrons. The Morgan fingerprint density at radius 3 is 2.12 bits per heavy atom. The van der Waals surface area contributed by atoms with Crippen molar-refractivity contribution in [2.75, 3.05) is 7.11 Å². The van der Waals surface area contributed by atoms with Gasteiger partial charge in [0.2, 0.25) is 11.6 Å². The third kappa shape index (κ3) is 3.29. The lowest BCUT2D eigenvalue weighted by Crippen LogP contribution is -2.15. The van der Waals surface area contributed by atoms with E-state index in [4.69, 9.17) is 4.74 Å². The number of methoxy groups -OCH3 is 1. The molecule has 26 heavy (non-hydrogen) atoms. The number of hydrogen-bond acceptors (Lipinski definition) is 3. The van der Waals surface area contributed by atoms with E-state index in [1.54, 1.807) is 43.5 Å². The van der Waals surface area contributed by atoms with Crippen molar-refractivity contribution in [3.05, 3.63) is 89.0 Å². The Morgan fingerprint density at radius 1 is 0.769 bits per heavy atom.